The van der Waals surface area contributed by atoms with E-state index in [2.05, 4.69) is 6.92 Å². The van der Waals surface area contributed by atoms with Crippen molar-refractivity contribution in [2.24, 2.45) is 5.92 Å². The molecule has 2 fully saturated rings. The highest BCUT2D eigenvalue weighted by Gasteiger charge is 2.43. The van der Waals surface area contributed by atoms with Crippen molar-refractivity contribution in [3.8, 4) is 0 Å². The molecule has 2 rings (SSSR count). The van der Waals surface area contributed by atoms with Gasteiger partial charge in [-0.25, -0.2) is 0 Å². The SMILES string of the molecule is COCCOC1C(Cl)CC1OC1CCCC(C)C1. The fourth-order valence-electron chi connectivity index (χ4n) is 2.89. The van der Waals surface area contributed by atoms with Crippen molar-refractivity contribution >= 4 is 11.6 Å². The molecule has 2 aliphatic carbocycles. The van der Waals surface area contributed by atoms with Crippen LogP contribution in [-0.4, -0.2) is 44.0 Å². The highest BCUT2D eigenvalue weighted by Crippen LogP contribution is 2.35. The number of ether oxygens (including phenoxy) is 3. The summed E-state index contributed by atoms with van der Waals surface area (Å²) in [5, 5.41) is 0.105. The predicted octanol–water partition coefficient (Wildman–Crippen LogP) is 2.99. The Balaban J connectivity index is 1.71. The number of hydrogen-bond acceptors (Lipinski definition) is 3. The van der Waals surface area contributed by atoms with Gasteiger partial charge in [-0.1, -0.05) is 19.8 Å². The number of methoxy groups -OCH3 is 1. The van der Waals surface area contributed by atoms with Crippen LogP contribution < -0.4 is 0 Å². The topological polar surface area (TPSA) is 27.7 Å². The first kappa shape index (κ1) is 14.6. The van der Waals surface area contributed by atoms with E-state index in [0.29, 0.717) is 19.3 Å². The van der Waals surface area contributed by atoms with Crippen LogP contribution in [0.5, 0.6) is 0 Å². The van der Waals surface area contributed by atoms with Gasteiger partial charge in [-0.15, -0.1) is 11.6 Å². The molecule has 3 nitrogen and oxygen atoms in total. The second-order valence-corrected chi connectivity index (χ2v) is 6.21. The zero-order valence-corrected chi connectivity index (χ0v) is 12.2. The lowest BCUT2D eigenvalue weighted by Crippen LogP contribution is -2.52. The van der Waals surface area contributed by atoms with E-state index in [1.165, 1.54) is 25.7 Å². The zero-order chi connectivity index (χ0) is 13.0. The van der Waals surface area contributed by atoms with Crippen molar-refractivity contribution < 1.29 is 14.2 Å². The Morgan fingerprint density at radius 2 is 2.00 bits per heavy atom. The van der Waals surface area contributed by atoms with Gasteiger partial charge in [0.05, 0.1) is 30.8 Å². The molecule has 0 aromatic rings. The van der Waals surface area contributed by atoms with Crippen molar-refractivity contribution in [1.29, 1.82) is 0 Å². The summed E-state index contributed by atoms with van der Waals surface area (Å²) < 4.78 is 16.9. The molecular weight excluding hydrogens is 252 g/mol. The molecule has 5 atom stereocenters. The smallest absolute Gasteiger partial charge is 0.100 e. The average Bonchev–Trinajstić information content (AvgIpc) is 2.34. The van der Waals surface area contributed by atoms with Crippen LogP contribution in [-0.2, 0) is 14.2 Å². The van der Waals surface area contributed by atoms with Crippen molar-refractivity contribution in [3.05, 3.63) is 0 Å². The van der Waals surface area contributed by atoms with E-state index in [9.17, 15) is 0 Å². The first-order valence-corrected chi connectivity index (χ1v) is 7.54. The Morgan fingerprint density at radius 3 is 2.67 bits per heavy atom. The van der Waals surface area contributed by atoms with Gasteiger partial charge in [0.2, 0.25) is 0 Å². The molecule has 0 saturated heterocycles. The van der Waals surface area contributed by atoms with Crippen LogP contribution in [0.3, 0.4) is 0 Å². The van der Waals surface area contributed by atoms with Gasteiger partial charge in [0.1, 0.15) is 6.10 Å². The molecular formula is C14H25ClO3. The average molecular weight is 277 g/mol. The summed E-state index contributed by atoms with van der Waals surface area (Å²) in [4.78, 5) is 0. The van der Waals surface area contributed by atoms with E-state index in [4.69, 9.17) is 25.8 Å². The van der Waals surface area contributed by atoms with E-state index < -0.39 is 0 Å². The monoisotopic (exact) mass is 276 g/mol. The van der Waals surface area contributed by atoms with Gasteiger partial charge in [0.15, 0.2) is 0 Å². The van der Waals surface area contributed by atoms with Gasteiger partial charge >= 0.3 is 0 Å². The molecule has 0 bridgehead atoms. The molecule has 0 aromatic heterocycles. The minimum Gasteiger partial charge on any atom is -0.382 e. The summed E-state index contributed by atoms with van der Waals surface area (Å²) >= 11 is 6.19. The van der Waals surface area contributed by atoms with Crippen molar-refractivity contribution in [1.82, 2.24) is 0 Å². The third-order valence-corrected chi connectivity index (χ3v) is 4.46. The van der Waals surface area contributed by atoms with E-state index in [1.54, 1.807) is 7.11 Å². The van der Waals surface area contributed by atoms with Crippen LogP contribution in [0.4, 0.5) is 0 Å². The fourth-order valence-corrected chi connectivity index (χ4v) is 3.30. The lowest BCUT2D eigenvalue weighted by atomic mass is 9.86. The molecule has 0 N–H and O–H groups in total. The minimum absolute atomic E-state index is 0.0547. The second-order valence-electron chi connectivity index (χ2n) is 5.65. The quantitative estimate of drug-likeness (QED) is 0.551. The van der Waals surface area contributed by atoms with Crippen LogP contribution in [0.2, 0.25) is 0 Å². The summed E-state index contributed by atoms with van der Waals surface area (Å²) in [5.74, 6) is 0.795. The summed E-state index contributed by atoms with van der Waals surface area (Å²) in [6.07, 6.45) is 6.60. The summed E-state index contributed by atoms with van der Waals surface area (Å²) in [5.41, 5.74) is 0. The Morgan fingerprint density at radius 1 is 1.17 bits per heavy atom. The highest BCUT2D eigenvalue weighted by atomic mass is 35.5. The summed E-state index contributed by atoms with van der Waals surface area (Å²) in [6, 6.07) is 0. The van der Waals surface area contributed by atoms with Crippen LogP contribution >= 0.6 is 11.6 Å². The zero-order valence-electron chi connectivity index (χ0n) is 11.4. The van der Waals surface area contributed by atoms with Crippen LogP contribution in [0.15, 0.2) is 0 Å². The maximum atomic E-state index is 6.19. The first-order chi connectivity index (χ1) is 8.70. The maximum Gasteiger partial charge on any atom is 0.100 e. The Kier molecular flexibility index (Phi) is 5.74. The largest absolute Gasteiger partial charge is 0.382 e. The Bertz CT molecular complexity index is 249. The Labute approximate surface area is 115 Å². The van der Waals surface area contributed by atoms with Gasteiger partial charge in [0, 0.05) is 7.11 Å². The van der Waals surface area contributed by atoms with E-state index in [0.717, 1.165) is 12.3 Å². The predicted molar refractivity (Wildman–Crippen MR) is 72.2 cm³/mol. The van der Waals surface area contributed by atoms with E-state index >= 15 is 0 Å². The maximum absolute atomic E-state index is 6.19. The third kappa shape index (κ3) is 3.83. The molecule has 2 saturated carbocycles. The normalized spacial score (nSPS) is 40.5. The Hall–Kier alpha value is 0.170. The number of rotatable bonds is 6. The van der Waals surface area contributed by atoms with Gasteiger partial charge < -0.3 is 14.2 Å². The van der Waals surface area contributed by atoms with Crippen LogP contribution in [0, 0.1) is 5.92 Å². The molecule has 0 spiro atoms. The van der Waals surface area contributed by atoms with Gasteiger partial charge in [-0.3, -0.25) is 0 Å². The third-order valence-electron chi connectivity index (χ3n) is 4.03. The molecule has 0 heterocycles. The molecule has 106 valence electrons. The van der Waals surface area contributed by atoms with Gasteiger partial charge in [0.25, 0.3) is 0 Å². The number of alkyl halides is 1. The first-order valence-electron chi connectivity index (χ1n) is 7.10. The molecule has 0 aliphatic heterocycles. The lowest BCUT2D eigenvalue weighted by molar-refractivity contribution is -0.159. The molecule has 0 aromatic carbocycles. The van der Waals surface area contributed by atoms with E-state index in [-0.39, 0.29) is 17.6 Å². The number of halogens is 1. The lowest BCUT2D eigenvalue weighted by Gasteiger charge is -2.43. The molecule has 0 amide bonds. The molecule has 4 heteroatoms. The molecule has 5 unspecified atom stereocenters. The minimum atomic E-state index is 0.0547. The summed E-state index contributed by atoms with van der Waals surface area (Å²) in [7, 11) is 1.68. The van der Waals surface area contributed by atoms with Gasteiger partial charge in [-0.2, -0.15) is 0 Å². The highest BCUT2D eigenvalue weighted by molar-refractivity contribution is 6.21. The van der Waals surface area contributed by atoms with Crippen molar-refractivity contribution in [2.75, 3.05) is 20.3 Å². The number of hydrogen-bond donors (Lipinski definition) is 0. The molecule has 18 heavy (non-hydrogen) atoms. The standard InChI is InChI=1S/C14H25ClO3/c1-10-4-3-5-11(8-10)18-13-9-12(15)14(13)17-7-6-16-2/h10-14H,3-9H2,1-2H3. The summed E-state index contributed by atoms with van der Waals surface area (Å²) in [6.45, 7) is 3.53. The van der Waals surface area contributed by atoms with Crippen molar-refractivity contribution in [2.45, 2.75) is 62.7 Å². The van der Waals surface area contributed by atoms with Crippen LogP contribution in [0.1, 0.15) is 39.0 Å². The van der Waals surface area contributed by atoms with E-state index in [1.807, 2.05) is 0 Å². The van der Waals surface area contributed by atoms with Crippen molar-refractivity contribution in [3.63, 3.8) is 0 Å². The molecule has 2 aliphatic rings. The fraction of sp³-hybridized carbons (Fsp3) is 1.00. The van der Waals surface area contributed by atoms with Gasteiger partial charge in [-0.05, 0) is 25.2 Å². The second kappa shape index (κ2) is 7.09. The van der Waals surface area contributed by atoms with Crippen LogP contribution in [0.25, 0.3) is 0 Å². The molecule has 0 radical (unpaired) electrons.